The number of aromatic nitrogens is 2. The van der Waals surface area contributed by atoms with E-state index in [9.17, 15) is 0 Å². The molecule has 5 rings (SSSR count). The van der Waals surface area contributed by atoms with E-state index in [0.29, 0.717) is 30.7 Å². The molecule has 0 unspecified atom stereocenters. The van der Waals surface area contributed by atoms with E-state index in [0.717, 1.165) is 33.2 Å². The van der Waals surface area contributed by atoms with Crippen LogP contribution < -0.4 is 14.9 Å². The summed E-state index contributed by atoms with van der Waals surface area (Å²) in [6, 6.07) is 26.5. The van der Waals surface area contributed by atoms with Gasteiger partial charge in [-0.3, -0.25) is 0 Å². The van der Waals surface area contributed by atoms with Gasteiger partial charge < -0.3 is 14.0 Å². The van der Waals surface area contributed by atoms with Crippen LogP contribution in [0.5, 0.6) is 11.5 Å². The minimum absolute atomic E-state index is 0.433. The maximum Gasteiger partial charge on any atom is 0.224 e. The molecule has 0 aliphatic rings. The first-order chi connectivity index (χ1) is 17.7. The summed E-state index contributed by atoms with van der Waals surface area (Å²) in [5.41, 5.74) is 7.09. The highest BCUT2D eigenvalue weighted by Crippen LogP contribution is 2.37. The lowest BCUT2D eigenvalue weighted by molar-refractivity contribution is 0.268. The van der Waals surface area contributed by atoms with Gasteiger partial charge in [-0.1, -0.05) is 54.6 Å². The quantitative estimate of drug-likeness (QED) is 0.156. The van der Waals surface area contributed by atoms with Gasteiger partial charge in [0.05, 0.1) is 28.3 Å². The van der Waals surface area contributed by atoms with E-state index in [4.69, 9.17) is 9.47 Å². The summed E-state index contributed by atoms with van der Waals surface area (Å²) >= 11 is 3.67. The first-order valence-corrected chi connectivity index (χ1v) is 12.8. The zero-order valence-corrected chi connectivity index (χ0v) is 21.8. The van der Waals surface area contributed by atoms with E-state index >= 15 is 0 Å². The van der Waals surface area contributed by atoms with Gasteiger partial charge in [0.2, 0.25) is 5.95 Å². The second-order valence-electron chi connectivity index (χ2n) is 8.23. The Bertz CT molecular complexity index is 1540. The molecule has 0 amide bonds. The molecule has 36 heavy (non-hydrogen) atoms. The van der Waals surface area contributed by atoms with Crippen LogP contribution in [-0.2, 0) is 13.2 Å². The number of nitrogens with zero attached hydrogens (tertiary/aromatic N) is 3. The number of hydrogen-bond acceptors (Lipinski definition) is 5. The van der Waals surface area contributed by atoms with Crippen molar-refractivity contribution in [1.82, 2.24) is 9.55 Å². The average molecular weight is 543 g/mol. The molecule has 1 heterocycles. The number of ether oxygens (including phenoxy) is 2. The van der Waals surface area contributed by atoms with Crippen LogP contribution in [0.1, 0.15) is 25.0 Å². The largest absolute Gasteiger partial charge is 0.490 e. The molecule has 182 valence electrons. The topological polar surface area (TPSA) is 60.7 Å². The third-order valence-electron chi connectivity index (χ3n) is 5.93. The van der Waals surface area contributed by atoms with E-state index in [1.54, 1.807) is 6.21 Å². The number of benzene rings is 4. The van der Waals surface area contributed by atoms with Crippen molar-refractivity contribution in [2.24, 2.45) is 5.10 Å². The zero-order valence-electron chi connectivity index (χ0n) is 20.2. The van der Waals surface area contributed by atoms with Crippen molar-refractivity contribution in [3.63, 3.8) is 0 Å². The van der Waals surface area contributed by atoms with Crippen molar-refractivity contribution in [3.05, 3.63) is 94.5 Å². The number of fused-ring (bicyclic) bond motifs is 2. The number of imidazole rings is 1. The molecule has 0 fully saturated rings. The molecular formula is C29H27BrN4O2. The fourth-order valence-corrected chi connectivity index (χ4v) is 4.85. The lowest BCUT2D eigenvalue weighted by Crippen LogP contribution is -2.03. The van der Waals surface area contributed by atoms with Crippen molar-refractivity contribution in [3.8, 4) is 11.5 Å². The van der Waals surface area contributed by atoms with Crippen LogP contribution in [0.25, 0.3) is 21.8 Å². The molecule has 4 aromatic carbocycles. The molecule has 0 atom stereocenters. The fraction of sp³-hybridized carbons (Fsp3) is 0.172. The van der Waals surface area contributed by atoms with E-state index in [1.807, 2.05) is 49.4 Å². The monoisotopic (exact) mass is 542 g/mol. The predicted molar refractivity (Wildman–Crippen MR) is 150 cm³/mol. The summed E-state index contributed by atoms with van der Waals surface area (Å²) in [5.74, 6) is 2.03. The molecule has 0 saturated heterocycles. The zero-order chi connectivity index (χ0) is 24.9. The molecule has 6 nitrogen and oxygen atoms in total. The smallest absolute Gasteiger partial charge is 0.224 e. The van der Waals surface area contributed by atoms with Gasteiger partial charge in [-0.2, -0.15) is 5.10 Å². The summed E-state index contributed by atoms with van der Waals surface area (Å²) in [4.78, 5) is 4.65. The first-order valence-electron chi connectivity index (χ1n) is 12.0. The number of aryl methyl sites for hydroxylation is 1. The summed E-state index contributed by atoms with van der Waals surface area (Å²) in [6.45, 7) is 5.80. The van der Waals surface area contributed by atoms with Crippen LogP contribution in [0.2, 0.25) is 0 Å². The van der Waals surface area contributed by atoms with Gasteiger partial charge >= 0.3 is 0 Å². The van der Waals surface area contributed by atoms with E-state index in [2.05, 4.69) is 79.3 Å². The minimum atomic E-state index is 0.433. The van der Waals surface area contributed by atoms with E-state index < -0.39 is 0 Å². The predicted octanol–water partition coefficient (Wildman–Crippen LogP) is 7.40. The van der Waals surface area contributed by atoms with Gasteiger partial charge in [0, 0.05) is 6.54 Å². The van der Waals surface area contributed by atoms with Crippen LogP contribution in [0, 0.1) is 0 Å². The van der Waals surface area contributed by atoms with Gasteiger partial charge in [0.25, 0.3) is 0 Å². The number of anilines is 1. The van der Waals surface area contributed by atoms with Gasteiger partial charge in [-0.25, -0.2) is 10.4 Å². The normalized spacial score (nSPS) is 11.4. The molecule has 7 heteroatoms. The molecule has 0 aliphatic heterocycles. The van der Waals surface area contributed by atoms with Crippen LogP contribution in [0.15, 0.2) is 88.4 Å². The van der Waals surface area contributed by atoms with Crippen molar-refractivity contribution in [2.45, 2.75) is 27.0 Å². The highest BCUT2D eigenvalue weighted by Gasteiger charge is 2.13. The first kappa shape index (κ1) is 23.9. The highest BCUT2D eigenvalue weighted by atomic mass is 79.9. The molecule has 1 N–H and O–H groups in total. The Morgan fingerprint density at radius 1 is 0.972 bits per heavy atom. The third kappa shape index (κ3) is 4.93. The lowest BCUT2D eigenvalue weighted by atomic mass is 10.1. The molecule has 0 bridgehead atoms. The number of halogens is 1. The van der Waals surface area contributed by atoms with Gasteiger partial charge in [-0.05, 0) is 75.9 Å². The molecule has 0 radical (unpaired) electrons. The maximum atomic E-state index is 6.26. The molecule has 0 aliphatic carbocycles. The average Bonchev–Trinajstić information content (AvgIpc) is 3.26. The maximum absolute atomic E-state index is 6.26. The summed E-state index contributed by atoms with van der Waals surface area (Å²) in [6.07, 6.45) is 1.75. The van der Waals surface area contributed by atoms with Crippen LogP contribution in [-0.4, -0.2) is 22.4 Å². The van der Waals surface area contributed by atoms with Crippen molar-refractivity contribution in [2.75, 3.05) is 12.0 Å². The Morgan fingerprint density at radius 3 is 2.64 bits per heavy atom. The second kappa shape index (κ2) is 10.8. The molecule has 0 spiro atoms. The number of rotatable bonds is 9. The Labute approximate surface area is 218 Å². The van der Waals surface area contributed by atoms with Gasteiger partial charge in [0.15, 0.2) is 11.5 Å². The Hall–Kier alpha value is -3.84. The molecular weight excluding hydrogens is 516 g/mol. The van der Waals surface area contributed by atoms with Gasteiger partial charge in [-0.15, -0.1) is 0 Å². The Balaban J connectivity index is 1.36. The highest BCUT2D eigenvalue weighted by molar-refractivity contribution is 9.10. The second-order valence-corrected chi connectivity index (χ2v) is 9.08. The van der Waals surface area contributed by atoms with Crippen molar-refractivity contribution < 1.29 is 9.47 Å². The molecule has 1 aromatic heterocycles. The van der Waals surface area contributed by atoms with Gasteiger partial charge in [0.1, 0.15) is 6.61 Å². The van der Waals surface area contributed by atoms with E-state index in [-0.39, 0.29) is 0 Å². The van der Waals surface area contributed by atoms with Crippen LogP contribution >= 0.6 is 15.9 Å². The fourth-order valence-electron chi connectivity index (χ4n) is 4.28. The standard InChI is InChI=1S/C29H27BrN4O2/c1-3-34-26-15-8-7-14-25(26)32-29(34)33-31-18-20-16-24(30)28(27(17-20)35-4-2)36-19-22-12-9-11-21-10-5-6-13-23(21)22/h5-18H,3-4,19H2,1-2H3,(H,32,33)/b31-18-. The summed E-state index contributed by atoms with van der Waals surface area (Å²) in [7, 11) is 0. The van der Waals surface area contributed by atoms with Crippen LogP contribution in [0.4, 0.5) is 5.95 Å². The van der Waals surface area contributed by atoms with Crippen LogP contribution in [0.3, 0.4) is 0 Å². The molecule has 5 aromatic rings. The number of hydrazone groups is 1. The number of nitrogens with one attached hydrogen (secondary N) is 1. The lowest BCUT2D eigenvalue weighted by Gasteiger charge is -2.15. The van der Waals surface area contributed by atoms with Crippen molar-refractivity contribution in [1.29, 1.82) is 0 Å². The van der Waals surface area contributed by atoms with Crippen molar-refractivity contribution >= 4 is 49.9 Å². The Kier molecular flexibility index (Phi) is 7.18. The minimum Gasteiger partial charge on any atom is -0.490 e. The molecule has 0 saturated carbocycles. The summed E-state index contributed by atoms with van der Waals surface area (Å²) < 4.78 is 15.1. The number of para-hydroxylation sites is 2. The summed E-state index contributed by atoms with van der Waals surface area (Å²) in [5, 5.41) is 6.82. The number of hydrogen-bond donors (Lipinski definition) is 1. The SMILES string of the molecule is CCOc1cc(/C=N\Nc2nc3ccccc3n2CC)cc(Br)c1OCc1cccc2ccccc12. The third-order valence-corrected chi connectivity index (χ3v) is 6.52. The Morgan fingerprint density at radius 2 is 1.78 bits per heavy atom. The van der Waals surface area contributed by atoms with E-state index in [1.165, 1.54) is 10.8 Å².